The van der Waals surface area contributed by atoms with Gasteiger partial charge in [0.15, 0.2) is 0 Å². The van der Waals surface area contributed by atoms with Crippen LogP contribution < -0.4 is 11.5 Å². The van der Waals surface area contributed by atoms with Gasteiger partial charge in [0.05, 0.1) is 0 Å². The fourth-order valence-corrected chi connectivity index (χ4v) is 2.02. The molecular formula is C8H18N2S. The van der Waals surface area contributed by atoms with E-state index < -0.39 is 0 Å². The third-order valence-corrected chi connectivity index (χ3v) is 3.23. The van der Waals surface area contributed by atoms with Gasteiger partial charge in [-0.2, -0.15) is 12.6 Å². The van der Waals surface area contributed by atoms with Crippen molar-refractivity contribution in [3.63, 3.8) is 0 Å². The molecule has 0 heterocycles. The van der Waals surface area contributed by atoms with Crippen LogP contribution in [0.1, 0.15) is 25.7 Å². The van der Waals surface area contributed by atoms with Gasteiger partial charge in [-0.1, -0.05) is 0 Å². The Balaban J connectivity index is 2.27. The zero-order valence-electron chi connectivity index (χ0n) is 6.87. The minimum atomic E-state index is 0.391. The van der Waals surface area contributed by atoms with Gasteiger partial charge >= 0.3 is 0 Å². The first-order chi connectivity index (χ1) is 5.24. The van der Waals surface area contributed by atoms with Gasteiger partial charge in [0.1, 0.15) is 0 Å². The van der Waals surface area contributed by atoms with Crippen LogP contribution in [0.5, 0.6) is 0 Å². The monoisotopic (exact) mass is 174 g/mol. The SMILES string of the molecule is NCC(S)C1CCC(N)CC1. The largest absolute Gasteiger partial charge is 0.329 e. The molecule has 1 aliphatic rings. The van der Waals surface area contributed by atoms with E-state index in [4.69, 9.17) is 11.5 Å². The highest BCUT2D eigenvalue weighted by molar-refractivity contribution is 7.81. The topological polar surface area (TPSA) is 52.0 Å². The summed E-state index contributed by atoms with van der Waals surface area (Å²) in [5.74, 6) is 0.711. The van der Waals surface area contributed by atoms with Gasteiger partial charge in [0.25, 0.3) is 0 Å². The van der Waals surface area contributed by atoms with Crippen LogP contribution in [-0.4, -0.2) is 17.8 Å². The van der Waals surface area contributed by atoms with Crippen molar-refractivity contribution in [2.75, 3.05) is 6.54 Å². The van der Waals surface area contributed by atoms with Crippen LogP contribution in [0.4, 0.5) is 0 Å². The normalized spacial score (nSPS) is 35.2. The van der Waals surface area contributed by atoms with E-state index in [2.05, 4.69) is 12.6 Å². The van der Waals surface area contributed by atoms with E-state index in [0.29, 0.717) is 23.8 Å². The van der Waals surface area contributed by atoms with Crippen LogP contribution in [0.3, 0.4) is 0 Å². The molecule has 11 heavy (non-hydrogen) atoms. The summed E-state index contributed by atoms with van der Waals surface area (Å²) in [6.45, 7) is 0.697. The Morgan fingerprint density at radius 1 is 1.27 bits per heavy atom. The van der Waals surface area contributed by atoms with E-state index in [0.717, 1.165) is 12.8 Å². The average molecular weight is 174 g/mol. The summed E-state index contributed by atoms with van der Waals surface area (Å²) in [5.41, 5.74) is 11.3. The molecular weight excluding hydrogens is 156 g/mol. The molecule has 0 saturated heterocycles. The summed E-state index contributed by atoms with van der Waals surface area (Å²) in [7, 11) is 0. The predicted octanol–water partition coefficient (Wildman–Crippen LogP) is 0.761. The third kappa shape index (κ3) is 2.65. The number of hydrogen-bond donors (Lipinski definition) is 3. The molecule has 66 valence electrons. The van der Waals surface area contributed by atoms with Crippen LogP contribution in [-0.2, 0) is 0 Å². The Labute approximate surface area is 74.1 Å². The van der Waals surface area contributed by atoms with E-state index in [1.165, 1.54) is 12.8 Å². The molecule has 0 spiro atoms. The minimum Gasteiger partial charge on any atom is -0.329 e. The first kappa shape index (κ1) is 9.36. The molecule has 0 aromatic rings. The molecule has 0 radical (unpaired) electrons. The molecule has 0 amide bonds. The fourth-order valence-electron chi connectivity index (χ4n) is 1.72. The van der Waals surface area contributed by atoms with Crippen molar-refractivity contribution >= 4 is 12.6 Å². The highest BCUT2D eigenvalue weighted by atomic mass is 32.1. The summed E-state index contributed by atoms with van der Waals surface area (Å²) in [6.07, 6.45) is 4.74. The summed E-state index contributed by atoms with van der Waals surface area (Å²) >= 11 is 4.44. The highest BCUT2D eigenvalue weighted by Crippen LogP contribution is 2.27. The third-order valence-electron chi connectivity index (χ3n) is 2.60. The molecule has 1 saturated carbocycles. The molecule has 0 bridgehead atoms. The molecule has 4 N–H and O–H groups in total. The second-order valence-corrected chi connectivity index (χ2v) is 4.14. The maximum atomic E-state index is 5.78. The summed E-state index contributed by atoms with van der Waals surface area (Å²) in [5, 5.41) is 0.391. The number of thiol groups is 1. The van der Waals surface area contributed by atoms with Crippen LogP contribution in [0, 0.1) is 5.92 Å². The highest BCUT2D eigenvalue weighted by Gasteiger charge is 2.22. The molecule has 1 atom stereocenters. The first-order valence-corrected chi connectivity index (χ1v) is 4.89. The van der Waals surface area contributed by atoms with Crippen molar-refractivity contribution in [2.24, 2.45) is 17.4 Å². The van der Waals surface area contributed by atoms with Crippen molar-refractivity contribution < 1.29 is 0 Å². The Morgan fingerprint density at radius 3 is 2.27 bits per heavy atom. The van der Waals surface area contributed by atoms with Gasteiger partial charge in [0, 0.05) is 17.8 Å². The Hall–Kier alpha value is 0.270. The van der Waals surface area contributed by atoms with E-state index in [9.17, 15) is 0 Å². The molecule has 0 aromatic carbocycles. The van der Waals surface area contributed by atoms with Gasteiger partial charge in [-0.3, -0.25) is 0 Å². The quantitative estimate of drug-likeness (QED) is 0.541. The van der Waals surface area contributed by atoms with Gasteiger partial charge in [-0.15, -0.1) is 0 Å². The van der Waals surface area contributed by atoms with Crippen molar-refractivity contribution in [2.45, 2.75) is 37.0 Å². The van der Waals surface area contributed by atoms with Gasteiger partial charge in [-0.05, 0) is 31.6 Å². The van der Waals surface area contributed by atoms with Gasteiger partial charge in [-0.25, -0.2) is 0 Å². The van der Waals surface area contributed by atoms with E-state index >= 15 is 0 Å². The predicted molar refractivity (Wildman–Crippen MR) is 51.8 cm³/mol. The Bertz CT molecular complexity index is 111. The lowest BCUT2D eigenvalue weighted by Gasteiger charge is -2.29. The lowest BCUT2D eigenvalue weighted by atomic mass is 9.84. The summed E-state index contributed by atoms with van der Waals surface area (Å²) < 4.78 is 0. The molecule has 2 nitrogen and oxygen atoms in total. The van der Waals surface area contributed by atoms with Gasteiger partial charge in [0.2, 0.25) is 0 Å². The standard InChI is InChI=1S/C8H18N2S/c9-5-8(11)6-1-3-7(10)4-2-6/h6-8,11H,1-5,9-10H2. The zero-order chi connectivity index (χ0) is 8.27. The van der Waals surface area contributed by atoms with Crippen LogP contribution >= 0.6 is 12.6 Å². The summed E-state index contributed by atoms with van der Waals surface area (Å²) in [4.78, 5) is 0. The zero-order valence-corrected chi connectivity index (χ0v) is 7.76. The van der Waals surface area contributed by atoms with Crippen LogP contribution in [0.25, 0.3) is 0 Å². The fraction of sp³-hybridized carbons (Fsp3) is 1.00. The number of rotatable bonds is 2. The smallest absolute Gasteiger partial charge is 0.0168 e. The molecule has 1 fully saturated rings. The van der Waals surface area contributed by atoms with Crippen LogP contribution in [0.2, 0.25) is 0 Å². The van der Waals surface area contributed by atoms with Crippen molar-refractivity contribution in [3.8, 4) is 0 Å². The summed E-state index contributed by atoms with van der Waals surface area (Å²) in [6, 6.07) is 0.435. The van der Waals surface area contributed by atoms with Crippen LogP contribution in [0.15, 0.2) is 0 Å². The minimum absolute atomic E-state index is 0.391. The van der Waals surface area contributed by atoms with Crippen molar-refractivity contribution in [1.82, 2.24) is 0 Å². The number of hydrogen-bond acceptors (Lipinski definition) is 3. The molecule has 1 unspecified atom stereocenters. The molecule has 1 aliphatic carbocycles. The second kappa shape index (κ2) is 4.33. The lowest BCUT2D eigenvalue weighted by Crippen LogP contribution is -2.32. The number of nitrogens with two attached hydrogens (primary N) is 2. The molecule has 0 aliphatic heterocycles. The Morgan fingerprint density at radius 2 is 1.82 bits per heavy atom. The molecule has 1 rings (SSSR count). The maximum Gasteiger partial charge on any atom is 0.0168 e. The van der Waals surface area contributed by atoms with E-state index in [1.54, 1.807) is 0 Å². The Kier molecular flexibility index (Phi) is 3.69. The second-order valence-electron chi connectivity index (χ2n) is 3.48. The maximum absolute atomic E-state index is 5.78. The van der Waals surface area contributed by atoms with E-state index in [1.807, 2.05) is 0 Å². The average Bonchev–Trinajstić information content (AvgIpc) is 2.05. The van der Waals surface area contributed by atoms with Crippen molar-refractivity contribution in [3.05, 3.63) is 0 Å². The van der Waals surface area contributed by atoms with Crippen molar-refractivity contribution in [1.29, 1.82) is 0 Å². The molecule has 0 aromatic heterocycles. The molecule has 3 heteroatoms. The lowest BCUT2D eigenvalue weighted by molar-refractivity contribution is 0.321. The first-order valence-electron chi connectivity index (χ1n) is 4.37. The van der Waals surface area contributed by atoms with Gasteiger partial charge < -0.3 is 11.5 Å². The van der Waals surface area contributed by atoms with E-state index in [-0.39, 0.29) is 0 Å².